The molecule has 2 heteroatoms. The molecular weight excluding hydrogens is 222 g/mol. The summed E-state index contributed by atoms with van der Waals surface area (Å²) in [6, 6.07) is 12.5. The standard InChI is InChI=1S/C16H19NO/c1-12(2)10-17-11-13-8-9-16(18-3)15-7-5-4-6-14(13)15/h4-9,17H,1,10-11H2,2-3H3. The first-order valence-electron chi connectivity index (χ1n) is 6.12. The van der Waals surface area contributed by atoms with Crippen LogP contribution in [0.15, 0.2) is 48.6 Å². The molecular formula is C16H19NO. The Hall–Kier alpha value is -1.80. The van der Waals surface area contributed by atoms with E-state index in [-0.39, 0.29) is 0 Å². The van der Waals surface area contributed by atoms with E-state index in [1.54, 1.807) is 7.11 Å². The molecule has 0 aromatic heterocycles. The maximum atomic E-state index is 5.39. The predicted molar refractivity (Wildman–Crippen MR) is 77.0 cm³/mol. The Labute approximate surface area is 108 Å². The summed E-state index contributed by atoms with van der Waals surface area (Å²) in [5.41, 5.74) is 2.43. The number of ether oxygens (including phenoxy) is 1. The normalized spacial score (nSPS) is 10.6. The highest BCUT2D eigenvalue weighted by atomic mass is 16.5. The molecule has 0 aliphatic rings. The minimum absolute atomic E-state index is 0.845. The van der Waals surface area contributed by atoms with Crippen LogP contribution in [0.1, 0.15) is 12.5 Å². The van der Waals surface area contributed by atoms with Crippen molar-refractivity contribution < 1.29 is 4.74 Å². The molecule has 0 unspecified atom stereocenters. The van der Waals surface area contributed by atoms with E-state index in [9.17, 15) is 0 Å². The Morgan fingerprint density at radius 2 is 1.89 bits per heavy atom. The molecule has 0 amide bonds. The van der Waals surface area contributed by atoms with Crippen molar-refractivity contribution in [3.63, 3.8) is 0 Å². The molecule has 2 aromatic carbocycles. The lowest BCUT2D eigenvalue weighted by Crippen LogP contribution is -2.15. The number of benzene rings is 2. The van der Waals surface area contributed by atoms with E-state index in [4.69, 9.17) is 4.74 Å². The maximum Gasteiger partial charge on any atom is 0.126 e. The van der Waals surface area contributed by atoms with Crippen LogP contribution in [-0.4, -0.2) is 13.7 Å². The van der Waals surface area contributed by atoms with Crippen molar-refractivity contribution >= 4 is 10.8 Å². The van der Waals surface area contributed by atoms with Crippen LogP contribution in [0, 0.1) is 0 Å². The first-order chi connectivity index (χ1) is 8.72. The zero-order chi connectivity index (χ0) is 13.0. The van der Waals surface area contributed by atoms with Gasteiger partial charge in [0.2, 0.25) is 0 Å². The van der Waals surface area contributed by atoms with Gasteiger partial charge in [-0.1, -0.05) is 42.5 Å². The molecule has 0 aliphatic heterocycles. The lowest BCUT2D eigenvalue weighted by atomic mass is 10.0. The van der Waals surface area contributed by atoms with Crippen LogP contribution < -0.4 is 10.1 Å². The van der Waals surface area contributed by atoms with Gasteiger partial charge in [-0.15, -0.1) is 0 Å². The molecule has 0 atom stereocenters. The molecule has 94 valence electrons. The summed E-state index contributed by atoms with van der Waals surface area (Å²) in [6.45, 7) is 7.61. The second-order valence-electron chi connectivity index (χ2n) is 4.53. The summed E-state index contributed by atoms with van der Waals surface area (Å²) < 4.78 is 5.39. The average Bonchev–Trinajstić information content (AvgIpc) is 2.38. The largest absolute Gasteiger partial charge is 0.496 e. The Morgan fingerprint density at radius 1 is 1.17 bits per heavy atom. The molecule has 2 aromatic rings. The summed E-state index contributed by atoms with van der Waals surface area (Å²) in [5, 5.41) is 5.79. The Bertz CT molecular complexity index is 560. The molecule has 0 saturated carbocycles. The van der Waals surface area contributed by atoms with Crippen molar-refractivity contribution in [3.05, 3.63) is 54.1 Å². The van der Waals surface area contributed by atoms with Gasteiger partial charge in [-0.25, -0.2) is 0 Å². The number of fused-ring (bicyclic) bond motifs is 1. The fourth-order valence-corrected chi connectivity index (χ4v) is 2.08. The van der Waals surface area contributed by atoms with Crippen LogP contribution in [0.25, 0.3) is 10.8 Å². The van der Waals surface area contributed by atoms with E-state index in [1.807, 2.05) is 19.1 Å². The Morgan fingerprint density at radius 3 is 2.56 bits per heavy atom. The van der Waals surface area contributed by atoms with Crippen LogP contribution >= 0.6 is 0 Å². The van der Waals surface area contributed by atoms with Gasteiger partial charge in [-0.05, 0) is 23.9 Å². The molecule has 18 heavy (non-hydrogen) atoms. The van der Waals surface area contributed by atoms with Crippen LogP contribution in [0.2, 0.25) is 0 Å². The van der Waals surface area contributed by atoms with E-state index >= 15 is 0 Å². The third kappa shape index (κ3) is 2.71. The third-order valence-corrected chi connectivity index (χ3v) is 2.94. The summed E-state index contributed by atoms with van der Waals surface area (Å²) in [7, 11) is 1.71. The highest BCUT2D eigenvalue weighted by molar-refractivity contribution is 5.91. The summed E-state index contributed by atoms with van der Waals surface area (Å²) in [4.78, 5) is 0. The third-order valence-electron chi connectivity index (χ3n) is 2.94. The second kappa shape index (κ2) is 5.69. The summed E-state index contributed by atoms with van der Waals surface area (Å²) >= 11 is 0. The Kier molecular flexibility index (Phi) is 4.00. The van der Waals surface area contributed by atoms with Crippen LogP contribution in [-0.2, 0) is 6.54 Å². The first-order valence-corrected chi connectivity index (χ1v) is 6.12. The van der Waals surface area contributed by atoms with Crippen molar-refractivity contribution in [2.45, 2.75) is 13.5 Å². The van der Waals surface area contributed by atoms with E-state index in [0.29, 0.717) is 0 Å². The van der Waals surface area contributed by atoms with Crippen molar-refractivity contribution in [1.29, 1.82) is 0 Å². The highest BCUT2D eigenvalue weighted by Gasteiger charge is 2.05. The number of hydrogen-bond donors (Lipinski definition) is 1. The predicted octanol–water partition coefficient (Wildman–Crippen LogP) is 3.51. The van der Waals surface area contributed by atoms with Gasteiger partial charge in [0.1, 0.15) is 5.75 Å². The number of rotatable bonds is 5. The highest BCUT2D eigenvalue weighted by Crippen LogP contribution is 2.28. The van der Waals surface area contributed by atoms with E-state index in [0.717, 1.165) is 29.8 Å². The molecule has 2 rings (SSSR count). The minimum Gasteiger partial charge on any atom is -0.496 e. The molecule has 0 radical (unpaired) electrons. The molecule has 0 fully saturated rings. The lowest BCUT2D eigenvalue weighted by Gasteiger charge is -2.11. The zero-order valence-corrected chi connectivity index (χ0v) is 11.0. The van der Waals surface area contributed by atoms with Gasteiger partial charge in [0.05, 0.1) is 7.11 Å². The van der Waals surface area contributed by atoms with E-state index in [2.05, 4.69) is 36.2 Å². The molecule has 0 bridgehead atoms. The molecule has 0 spiro atoms. The minimum atomic E-state index is 0.845. The van der Waals surface area contributed by atoms with Crippen LogP contribution in [0.5, 0.6) is 5.75 Å². The van der Waals surface area contributed by atoms with Crippen molar-refractivity contribution in [3.8, 4) is 5.75 Å². The average molecular weight is 241 g/mol. The molecule has 2 nitrogen and oxygen atoms in total. The van der Waals surface area contributed by atoms with Crippen molar-refractivity contribution in [2.75, 3.05) is 13.7 Å². The van der Waals surface area contributed by atoms with Gasteiger partial charge in [0, 0.05) is 18.5 Å². The van der Waals surface area contributed by atoms with Crippen molar-refractivity contribution in [2.24, 2.45) is 0 Å². The second-order valence-corrected chi connectivity index (χ2v) is 4.53. The van der Waals surface area contributed by atoms with Gasteiger partial charge in [-0.3, -0.25) is 0 Å². The first kappa shape index (κ1) is 12.7. The smallest absolute Gasteiger partial charge is 0.126 e. The van der Waals surface area contributed by atoms with Gasteiger partial charge in [0.25, 0.3) is 0 Å². The number of nitrogens with one attached hydrogen (secondary N) is 1. The van der Waals surface area contributed by atoms with Gasteiger partial charge < -0.3 is 10.1 Å². The SMILES string of the molecule is C=C(C)CNCc1ccc(OC)c2ccccc12. The fraction of sp³-hybridized carbons (Fsp3) is 0.250. The van der Waals surface area contributed by atoms with Crippen LogP contribution in [0.4, 0.5) is 0 Å². The van der Waals surface area contributed by atoms with Gasteiger partial charge >= 0.3 is 0 Å². The monoisotopic (exact) mass is 241 g/mol. The van der Waals surface area contributed by atoms with E-state index in [1.165, 1.54) is 10.9 Å². The number of hydrogen-bond acceptors (Lipinski definition) is 2. The fourth-order valence-electron chi connectivity index (χ4n) is 2.08. The summed E-state index contributed by atoms with van der Waals surface area (Å²) in [6.07, 6.45) is 0. The topological polar surface area (TPSA) is 21.3 Å². The Balaban J connectivity index is 2.31. The molecule has 1 N–H and O–H groups in total. The van der Waals surface area contributed by atoms with Crippen LogP contribution in [0.3, 0.4) is 0 Å². The summed E-state index contributed by atoms with van der Waals surface area (Å²) in [5.74, 6) is 0.925. The lowest BCUT2D eigenvalue weighted by molar-refractivity contribution is 0.419. The molecule has 0 saturated heterocycles. The van der Waals surface area contributed by atoms with E-state index < -0.39 is 0 Å². The van der Waals surface area contributed by atoms with Gasteiger partial charge in [0.15, 0.2) is 0 Å². The molecule has 0 heterocycles. The number of methoxy groups -OCH3 is 1. The maximum absolute atomic E-state index is 5.39. The molecule has 0 aliphatic carbocycles. The zero-order valence-electron chi connectivity index (χ0n) is 11.0. The quantitative estimate of drug-likeness (QED) is 0.809. The van der Waals surface area contributed by atoms with Gasteiger partial charge in [-0.2, -0.15) is 0 Å². The van der Waals surface area contributed by atoms with Crippen molar-refractivity contribution in [1.82, 2.24) is 5.32 Å².